The number of nitrogens with one attached hydrogen (secondary N) is 2. The normalized spacial score (nSPS) is 14.6. The van der Waals surface area contributed by atoms with E-state index in [-0.39, 0.29) is 21.4 Å². The quantitative estimate of drug-likeness (QED) is 0.341. The van der Waals surface area contributed by atoms with Crippen LogP contribution in [0.3, 0.4) is 0 Å². The number of carbonyl (C=O) groups is 1. The van der Waals surface area contributed by atoms with Gasteiger partial charge in [0.2, 0.25) is 0 Å². The molecule has 3 aromatic carbocycles. The summed E-state index contributed by atoms with van der Waals surface area (Å²) in [4.78, 5) is 15.6. The van der Waals surface area contributed by atoms with Crippen LogP contribution in [0, 0.1) is 5.92 Å². The molecule has 1 aliphatic rings. The van der Waals surface area contributed by atoms with Gasteiger partial charge in [0, 0.05) is 29.4 Å². The van der Waals surface area contributed by atoms with E-state index in [2.05, 4.69) is 16.4 Å². The Kier molecular flexibility index (Phi) is 8.77. The van der Waals surface area contributed by atoms with Crippen LogP contribution in [0.25, 0.3) is 0 Å². The van der Waals surface area contributed by atoms with Gasteiger partial charge in [-0.3, -0.25) is 14.2 Å². The maximum absolute atomic E-state index is 13.2. The first-order valence-corrected chi connectivity index (χ1v) is 16.5. The number of thioether (sulfide) groups is 1. The predicted molar refractivity (Wildman–Crippen MR) is 154 cm³/mol. The van der Waals surface area contributed by atoms with Gasteiger partial charge in [0.1, 0.15) is 5.75 Å². The maximum Gasteiger partial charge on any atom is 0.261 e. The van der Waals surface area contributed by atoms with Crippen molar-refractivity contribution in [1.29, 1.82) is 0 Å². The Balaban J connectivity index is 1.51. The number of hydrogen-bond acceptors (Lipinski definition) is 7. The number of ether oxygens (including phenoxy) is 1. The smallest absolute Gasteiger partial charge is 0.261 e. The van der Waals surface area contributed by atoms with Crippen molar-refractivity contribution < 1.29 is 26.4 Å². The van der Waals surface area contributed by atoms with Gasteiger partial charge in [0.05, 0.1) is 22.5 Å². The summed E-state index contributed by atoms with van der Waals surface area (Å²) in [5.74, 6) is 0.974. The molecule has 0 aliphatic carbocycles. The van der Waals surface area contributed by atoms with Gasteiger partial charge in [-0.15, -0.1) is 11.8 Å². The zero-order chi connectivity index (χ0) is 28.2. The van der Waals surface area contributed by atoms with Crippen molar-refractivity contribution in [2.75, 3.05) is 35.9 Å². The standard InChI is InChI=1S/C27H31N3O6S3/c1-19-14-16-30(17-15-19)27(31)25-18-24(12-13-26(25)37-3)39(34,35)29-21-6-10-23(11-7-21)38(32,33)28-20-4-8-22(36-2)9-5-20/h4-13,18-19,28-29H,14-17H2,1-3H3. The number of amides is 1. The average molecular weight is 590 g/mol. The van der Waals surface area contributed by atoms with Gasteiger partial charge in [0.25, 0.3) is 26.0 Å². The Morgan fingerprint density at radius 2 is 1.36 bits per heavy atom. The molecular formula is C27H31N3O6S3. The largest absolute Gasteiger partial charge is 0.497 e. The lowest BCUT2D eigenvalue weighted by atomic mass is 9.98. The van der Waals surface area contributed by atoms with E-state index >= 15 is 0 Å². The summed E-state index contributed by atoms with van der Waals surface area (Å²) in [6, 6.07) is 16.3. The first kappa shape index (κ1) is 28.8. The van der Waals surface area contributed by atoms with Crippen LogP contribution in [-0.4, -0.2) is 54.1 Å². The molecule has 1 heterocycles. The molecule has 1 saturated heterocycles. The van der Waals surface area contributed by atoms with Crippen LogP contribution in [-0.2, 0) is 20.0 Å². The summed E-state index contributed by atoms with van der Waals surface area (Å²) in [5.41, 5.74) is 0.898. The maximum atomic E-state index is 13.2. The highest BCUT2D eigenvalue weighted by Gasteiger charge is 2.25. The van der Waals surface area contributed by atoms with Crippen LogP contribution in [0.2, 0.25) is 0 Å². The van der Waals surface area contributed by atoms with Crippen LogP contribution < -0.4 is 14.2 Å². The van der Waals surface area contributed by atoms with E-state index in [1.165, 1.54) is 55.3 Å². The summed E-state index contributed by atoms with van der Waals surface area (Å²) in [5, 5.41) is 0. The Morgan fingerprint density at radius 1 is 0.846 bits per heavy atom. The van der Waals surface area contributed by atoms with E-state index in [9.17, 15) is 21.6 Å². The number of likely N-dealkylation sites (tertiary alicyclic amines) is 1. The molecule has 0 spiro atoms. The topological polar surface area (TPSA) is 122 Å². The highest BCUT2D eigenvalue weighted by molar-refractivity contribution is 7.98. The van der Waals surface area contributed by atoms with Gasteiger partial charge in [-0.2, -0.15) is 0 Å². The van der Waals surface area contributed by atoms with E-state index in [1.54, 1.807) is 35.2 Å². The van der Waals surface area contributed by atoms with E-state index < -0.39 is 20.0 Å². The minimum atomic E-state index is -4.04. The number of methoxy groups -OCH3 is 1. The highest BCUT2D eigenvalue weighted by Crippen LogP contribution is 2.28. The summed E-state index contributed by atoms with van der Waals surface area (Å²) in [6.45, 7) is 3.45. The summed E-state index contributed by atoms with van der Waals surface area (Å²) in [7, 11) is -6.42. The predicted octanol–water partition coefficient (Wildman–Crippen LogP) is 4.89. The van der Waals surface area contributed by atoms with Crippen LogP contribution in [0.1, 0.15) is 30.1 Å². The summed E-state index contributed by atoms with van der Waals surface area (Å²) < 4.78 is 61.9. The van der Waals surface area contributed by atoms with Crippen LogP contribution in [0.4, 0.5) is 11.4 Å². The molecule has 12 heteroatoms. The monoisotopic (exact) mass is 589 g/mol. The van der Waals surface area contributed by atoms with E-state index in [0.717, 1.165) is 12.8 Å². The number of hydrogen-bond donors (Lipinski definition) is 2. The van der Waals surface area contributed by atoms with Gasteiger partial charge >= 0.3 is 0 Å². The van der Waals surface area contributed by atoms with Gasteiger partial charge in [0.15, 0.2) is 0 Å². The van der Waals surface area contributed by atoms with E-state index in [1.807, 2.05) is 6.26 Å². The number of benzene rings is 3. The number of carbonyl (C=O) groups excluding carboxylic acids is 1. The lowest BCUT2D eigenvalue weighted by Crippen LogP contribution is -2.38. The molecule has 2 N–H and O–H groups in total. The summed E-state index contributed by atoms with van der Waals surface area (Å²) >= 11 is 1.39. The summed E-state index contributed by atoms with van der Waals surface area (Å²) in [6.07, 6.45) is 3.68. The Bertz CT molecular complexity index is 1530. The van der Waals surface area contributed by atoms with Gasteiger partial charge < -0.3 is 9.64 Å². The number of anilines is 2. The number of piperidine rings is 1. The van der Waals surface area contributed by atoms with Crippen molar-refractivity contribution in [3.05, 3.63) is 72.3 Å². The van der Waals surface area contributed by atoms with Crippen molar-refractivity contribution in [2.24, 2.45) is 5.92 Å². The molecule has 1 amide bonds. The lowest BCUT2D eigenvalue weighted by molar-refractivity contribution is 0.0693. The first-order chi connectivity index (χ1) is 18.5. The average Bonchev–Trinajstić information content (AvgIpc) is 2.93. The first-order valence-electron chi connectivity index (χ1n) is 12.3. The van der Waals surface area contributed by atoms with E-state index in [4.69, 9.17) is 4.74 Å². The molecule has 0 radical (unpaired) electrons. The molecule has 0 aromatic heterocycles. The van der Waals surface area contributed by atoms with Crippen LogP contribution in [0.5, 0.6) is 5.75 Å². The second-order valence-corrected chi connectivity index (χ2v) is 13.5. The van der Waals surface area contributed by atoms with Crippen molar-refractivity contribution >= 4 is 49.1 Å². The molecule has 0 saturated carbocycles. The molecule has 0 bridgehead atoms. The fraction of sp³-hybridized carbons (Fsp3) is 0.296. The Labute approximate surface area is 234 Å². The SMILES string of the molecule is COc1ccc(NS(=O)(=O)c2ccc(NS(=O)(=O)c3ccc(SC)c(C(=O)N4CCC(C)CC4)c3)cc2)cc1. The van der Waals surface area contributed by atoms with Crippen LogP contribution >= 0.6 is 11.8 Å². The third kappa shape index (κ3) is 6.87. The van der Waals surface area contributed by atoms with Gasteiger partial charge in [-0.1, -0.05) is 6.92 Å². The molecule has 208 valence electrons. The fourth-order valence-corrected chi connectivity index (χ4v) is 6.91. The molecule has 3 aromatic rings. The number of nitrogens with zero attached hydrogens (tertiary/aromatic N) is 1. The zero-order valence-corrected chi connectivity index (χ0v) is 24.3. The number of sulfonamides is 2. The lowest BCUT2D eigenvalue weighted by Gasteiger charge is -2.30. The fourth-order valence-electron chi connectivity index (χ4n) is 4.19. The van der Waals surface area contributed by atoms with Crippen LogP contribution in [0.15, 0.2) is 81.4 Å². The Morgan fingerprint density at radius 3 is 1.90 bits per heavy atom. The highest BCUT2D eigenvalue weighted by atomic mass is 32.2. The molecule has 39 heavy (non-hydrogen) atoms. The van der Waals surface area contributed by atoms with Crippen molar-refractivity contribution in [2.45, 2.75) is 34.5 Å². The third-order valence-corrected chi connectivity index (χ3v) is 10.1. The molecule has 0 unspecified atom stereocenters. The molecule has 9 nitrogen and oxygen atoms in total. The molecule has 1 aliphatic heterocycles. The van der Waals surface area contributed by atoms with Gasteiger partial charge in [-0.05, 0) is 91.7 Å². The number of rotatable bonds is 9. The molecule has 4 rings (SSSR count). The minimum Gasteiger partial charge on any atom is -0.497 e. The minimum absolute atomic E-state index is 0.0330. The second-order valence-electron chi connectivity index (χ2n) is 9.30. The third-order valence-electron chi connectivity index (χ3n) is 6.54. The van der Waals surface area contributed by atoms with Gasteiger partial charge in [-0.25, -0.2) is 16.8 Å². The van der Waals surface area contributed by atoms with Crippen molar-refractivity contribution in [1.82, 2.24) is 4.90 Å². The van der Waals surface area contributed by atoms with E-state index in [0.29, 0.717) is 40.9 Å². The molecule has 0 atom stereocenters. The van der Waals surface area contributed by atoms with Crippen molar-refractivity contribution in [3.8, 4) is 5.75 Å². The zero-order valence-electron chi connectivity index (χ0n) is 21.9. The Hall–Kier alpha value is -3.22. The molecule has 1 fully saturated rings. The molecular weight excluding hydrogens is 559 g/mol. The second kappa shape index (κ2) is 11.9. The van der Waals surface area contributed by atoms with Crippen molar-refractivity contribution in [3.63, 3.8) is 0 Å².